The second-order valence-electron chi connectivity index (χ2n) is 5.22. The van der Waals surface area contributed by atoms with E-state index >= 15 is 0 Å². The van der Waals surface area contributed by atoms with E-state index in [1.54, 1.807) is 42.5 Å². The lowest BCUT2D eigenvalue weighted by molar-refractivity contribution is 0.344. The van der Waals surface area contributed by atoms with Crippen LogP contribution in [0.3, 0.4) is 0 Å². The minimum Gasteiger partial charge on any atom is -0.493 e. The number of ether oxygens (including phenoxy) is 1. The predicted octanol–water partition coefficient (Wildman–Crippen LogP) is 4.16. The van der Waals surface area contributed by atoms with Gasteiger partial charge in [-0.15, -0.1) is 5.10 Å². The van der Waals surface area contributed by atoms with Crippen LogP contribution in [0.2, 0.25) is 0 Å². The maximum absolute atomic E-state index is 12.9. The van der Waals surface area contributed by atoms with E-state index in [9.17, 15) is 4.39 Å². The monoisotopic (exact) mass is 366 g/mol. The van der Waals surface area contributed by atoms with Crippen LogP contribution in [0.5, 0.6) is 5.75 Å². The Hall–Kier alpha value is -3.11. The van der Waals surface area contributed by atoms with Crippen LogP contribution in [0.25, 0.3) is 12.2 Å². The Labute approximate surface area is 154 Å². The molecule has 0 unspecified atom stereocenters. The molecule has 0 bridgehead atoms. The third-order valence-electron chi connectivity index (χ3n) is 3.35. The Morgan fingerprint density at radius 2 is 1.88 bits per heavy atom. The quantitative estimate of drug-likeness (QED) is 0.502. The summed E-state index contributed by atoms with van der Waals surface area (Å²) in [4.78, 5) is 4.35. The number of thioether (sulfide) groups is 1. The number of hydrogen-bond donors (Lipinski definition) is 1. The molecule has 0 fully saturated rings. The van der Waals surface area contributed by atoms with Crippen molar-refractivity contribution in [2.24, 2.45) is 0 Å². The van der Waals surface area contributed by atoms with Gasteiger partial charge in [0.05, 0.1) is 18.2 Å². The number of nitrogens with one attached hydrogen (secondary N) is 1. The summed E-state index contributed by atoms with van der Waals surface area (Å²) in [7, 11) is 0. The second-order valence-corrected chi connectivity index (χ2v) is 6.28. The third kappa shape index (κ3) is 5.19. The van der Waals surface area contributed by atoms with Gasteiger partial charge in [0.15, 0.2) is 0 Å². The molecule has 26 heavy (non-hydrogen) atoms. The Morgan fingerprint density at radius 3 is 2.62 bits per heavy atom. The highest BCUT2D eigenvalue weighted by Gasteiger charge is 2.02. The number of aromatic nitrogens is 3. The lowest BCUT2D eigenvalue weighted by Crippen LogP contribution is -2.00. The number of aromatic amines is 1. The Bertz CT molecular complexity index is 914. The lowest BCUT2D eigenvalue weighted by atomic mass is 10.2. The van der Waals surface area contributed by atoms with Gasteiger partial charge in [-0.1, -0.05) is 30.0 Å². The van der Waals surface area contributed by atoms with Crippen molar-refractivity contribution in [3.8, 4) is 11.8 Å². The molecule has 0 radical (unpaired) electrons. The number of rotatable bonds is 7. The summed E-state index contributed by atoms with van der Waals surface area (Å²) < 4.78 is 18.5. The van der Waals surface area contributed by atoms with Crippen molar-refractivity contribution in [3.05, 3.63) is 71.3 Å². The van der Waals surface area contributed by atoms with E-state index in [-0.39, 0.29) is 5.82 Å². The van der Waals surface area contributed by atoms with Crippen LogP contribution in [0.15, 0.2) is 53.7 Å². The third-order valence-corrected chi connectivity index (χ3v) is 4.16. The first kappa shape index (κ1) is 17.7. The Balaban J connectivity index is 1.44. The van der Waals surface area contributed by atoms with Crippen molar-refractivity contribution in [1.82, 2.24) is 15.2 Å². The van der Waals surface area contributed by atoms with Gasteiger partial charge in [0, 0.05) is 5.75 Å². The van der Waals surface area contributed by atoms with E-state index in [1.807, 2.05) is 6.08 Å². The molecule has 0 aliphatic heterocycles. The van der Waals surface area contributed by atoms with E-state index in [0.29, 0.717) is 28.9 Å². The van der Waals surface area contributed by atoms with Crippen LogP contribution in [-0.2, 0) is 0 Å². The molecule has 0 atom stereocenters. The predicted molar refractivity (Wildman–Crippen MR) is 99.1 cm³/mol. The molecule has 130 valence electrons. The normalized spacial score (nSPS) is 10.8. The molecule has 2 aromatic carbocycles. The van der Waals surface area contributed by atoms with Crippen LogP contribution in [0, 0.1) is 17.1 Å². The average Bonchev–Trinajstić information content (AvgIpc) is 3.13. The zero-order valence-electron chi connectivity index (χ0n) is 13.7. The van der Waals surface area contributed by atoms with Gasteiger partial charge in [0.2, 0.25) is 5.16 Å². The zero-order valence-corrected chi connectivity index (χ0v) is 14.5. The van der Waals surface area contributed by atoms with Crippen LogP contribution in [0.1, 0.15) is 17.0 Å². The smallest absolute Gasteiger partial charge is 0.208 e. The molecule has 0 saturated carbocycles. The van der Waals surface area contributed by atoms with Crippen LogP contribution in [0.4, 0.5) is 4.39 Å². The first-order valence-corrected chi connectivity index (χ1v) is 8.83. The lowest BCUT2D eigenvalue weighted by Gasteiger charge is -2.04. The fourth-order valence-electron chi connectivity index (χ4n) is 2.06. The van der Waals surface area contributed by atoms with Crippen LogP contribution in [-0.4, -0.2) is 27.5 Å². The summed E-state index contributed by atoms with van der Waals surface area (Å²) in [5.41, 5.74) is 1.49. The number of nitriles is 1. The maximum Gasteiger partial charge on any atom is 0.208 e. The summed E-state index contributed by atoms with van der Waals surface area (Å²) in [6.07, 6.45) is 3.62. The molecule has 0 aliphatic rings. The molecule has 0 saturated heterocycles. The van der Waals surface area contributed by atoms with Gasteiger partial charge in [0.25, 0.3) is 0 Å². The molecule has 3 aromatic rings. The summed E-state index contributed by atoms with van der Waals surface area (Å²) in [5.74, 6) is 1.79. The largest absolute Gasteiger partial charge is 0.493 e. The van der Waals surface area contributed by atoms with Crippen molar-refractivity contribution < 1.29 is 9.13 Å². The van der Waals surface area contributed by atoms with E-state index in [1.165, 1.54) is 23.9 Å². The van der Waals surface area contributed by atoms with Gasteiger partial charge >= 0.3 is 0 Å². The summed E-state index contributed by atoms with van der Waals surface area (Å²) in [6.45, 7) is 0.506. The Kier molecular flexibility index (Phi) is 6.01. The molecular formula is C19H15FN4OS. The molecule has 0 aliphatic carbocycles. The molecule has 7 heteroatoms. The van der Waals surface area contributed by atoms with Gasteiger partial charge in [-0.05, 0) is 48.0 Å². The van der Waals surface area contributed by atoms with Crippen LogP contribution < -0.4 is 4.74 Å². The topological polar surface area (TPSA) is 74.6 Å². The molecule has 0 amide bonds. The molecule has 1 aromatic heterocycles. The highest BCUT2D eigenvalue weighted by atomic mass is 32.2. The van der Waals surface area contributed by atoms with E-state index in [2.05, 4.69) is 21.3 Å². The first-order valence-electron chi connectivity index (χ1n) is 7.85. The summed E-state index contributed by atoms with van der Waals surface area (Å²) in [5, 5.41) is 16.4. The minimum absolute atomic E-state index is 0.260. The van der Waals surface area contributed by atoms with Gasteiger partial charge < -0.3 is 4.74 Å². The number of hydrogen-bond acceptors (Lipinski definition) is 5. The standard InChI is InChI=1S/C19H15FN4OS/c20-16-6-1-14(2-7-16)5-10-18-22-19(24-23-18)26-12-11-25-17-8-3-15(13-21)4-9-17/h1-10H,11-12H2,(H,22,23,24)/b10-5-. The molecule has 3 rings (SSSR count). The van der Waals surface area contributed by atoms with Crippen molar-refractivity contribution >= 4 is 23.9 Å². The Morgan fingerprint density at radius 1 is 1.12 bits per heavy atom. The molecule has 1 N–H and O–H groups in total. The fraction of sp³-hybridized carbons (Fsp3) is 0.105. The molecule has 0 spiro atoms. The minimum atomic E-state index is -0.260. The van der Waals surface area contributed by atoms with Crippen molar-refractivity contribution in [3.63, 3.8) is 0 Å². The van der Waals surface area contributed by atoms with E-state index < -0.39 is 0 Å². The van der Waals surface area contributed by atoms with E-state index in [0.717, 1.165) is 11.3 Å². The van der Waals surface area contributed by atoms with Crippen molar-refractivity contribution in [2.45, 2.75) is 5.16 Å². The number of H-pyrrole nitrogens is 1. The fourth-order valence-corrected chi connectivity index (χ4v) is 2.69. The number of nitrogens with zero attached hydrogens (tertiary/aromatic N) is 3. The molecule has 5 nitrogen and oxygen atoms in total. The zero-order chi connectivity index (χ0) is 18.2. The first-order chi connectivity index (χ1) is 12.7. The summed E-state index contributed by atoms with van der Waals surface area (Å²) in [6, 6.07) is 15.3. The number of halogens is 1. The average molecular weight is 366 g/mol. The van der Waals surface area contributed by atoms with Crippen LogP contribution >= 0.6 is 11.8 Å². The van der Waals surface area contributed by atoms with Gasteiger partial charge in [-0.25, -0.2) is 9.37 Å². The van der Waals surface area contributed by atoms with Crippen molar-refractivity contribution in [1.29, 1.82) is 5.26 Å². The highest BCUT2D eigenvalue weighted by Crippen LogP contribution is 2.16. The molecule has 1 heterocycles. The highest BCUT2D eigenvalue weighted by molar-refractivity contribution is 7.99. The molecular weight excluding hydrogens is 351 g/mol. The summed E-state index contributed by atoms with van der Waals surface area (Å²) >= 11 is 1.48. The maximum atomic E-state index is 12.9. The SMILES string of the molecule is N#Cc1ccc(OCCSc2n[nH]c(/C=C\c3ccc(F)cc3)n2)cc1. The van der Waals surface area contributed by atoms with E-state index in [4.69, 9.17) is 10.00 Å². The number of benzene rings is 2. The van der Waals surface area contributed by atoms with Crippen molar-refractivity contribution in [2.75, 3.05) is 12.4 Å². The van der Waals surface area contributed by atoms with Gasteiger partial charge in [-0.2, -0.15) is 5.26 Å². The van der Waals surface area contributed by atoms with Gasteiger partial charge in [0.1, 0.15) is 17.4 Å². The second kappa shape index (κ2) is 8.83. The van der Waals surface area contributed by atoms with Gasteiger partial charge in [-0.3, -0.25) is 5.10 Å².